The Morgan fingerprint density at radius 3 is 2.50 bits per heavy atom. The third-order valence-corrected chi connectivity index (χ3v) is 1.41. The molecule has 0 aliphatic rings. The first-order valence-corrected chi connectivity index (χ1v) is 3.32. The minimum absolute atomic E-state index is 0.575. The Morgan fingerprint density at radius 1 is 1.57 bits per heavy atom. The van der Waals surface area contributed by atoms with Crippen molar-refractivity contribution in [1.29, 1.82) is 0 Å². The molecule has 1 rings (SSSR count). The van der Waals surface area contributed by atoms with E-state index in [1.54, 1.807) is 0 Å². The Labute approximate surface area is 75.5 Å². The number of hydrogen-bond acceptors (Lipinski definition) is 4. The van der Waals surface area contributed by atoms with Crippen molar-refractivity contribution in [1.82, 2.24) is 4.98 Å². The molecule has 0 bridgehead atoms. The van der Waals surface area contributed by atoms with Gasteiger partial charge >= 0.3 is 5.69 Å². The molecular formula is C6H4F3N3O2. The fraction of sp³-hybridized carbons (Fsp3) is 0.167. The average molecular weight is 207 g/mol. The minimum atomic E-state index is -3.02. The maximum Gasteiger partial charge on any atom is 0.346 e. The number of halogens is 3. The first kappa shape index (κ1) is 10.2. The van der Waals surface area contributed by atoms with Crippen LogP contribution in [0.15, 0.2) is 6.07 Å². The summed E-state index contributed by atoms with van der Waals surface area (Å²) >= 11 is 0. The molecule has 0 saturated heterocycles. The molecule has 0 atom stereocenters. The van der Waals surface area contributed by atoms with Gasteiger partial charge < -0.3 is 5.73 Å². The lowest BCUT2D eigenvalue weighted by Gasteiger charge is -2.01. The molecule has 0 unspecified atom stereocenters. The Bertz CT molecular complexity index is 360. The number of aromatic nitrogens is 1. The topological polar surface area (TPSA) is 82.0 Å². The lowest BCUT2D eigenvalue weighted by atomic mass is 10.3. The maximum atomic E-state index is 12.8. The molecule has 0 spiro atoms. The quantitative estimate of drug-likeness (QED) is 0.454. The third-order valence-electron chi connectivity index (χ3n) is 1.41. The first-order valence-electron chi connectivity index (χ1n) is 3.32. The third kappa shape index (κ3) is 1.73. The van der Waals surface area contributed by atoms with Crippen molar-refractivity contribution in [3.63, 3.8) is 0 Å². The predicted octanol–water partition coefficient (Wildman–Crippen LogP) is 1.65. The normalized spacial score (nSPS) is 10.6. The number of alkyl halides is 2. The molecule has 76 valence electrons. The number of hydrogen-bond donors (Lipinski definition) is 1. The van der Waals surface area contributed by atoms with Gasteiger partial charge in [-0.3, -0.25) is 10.1 Å². The van der Waals surface area contributed by atoms with E-state index in [1.807, 2.05) is 0 Å². The SMILES string of the molecule is Nc1cc(C(F)F)nc(F)c1[N+](=O)[O-]. The molecule has 0 aromatic carbocycles. The number of nitro groups is 1. The number of anilines is 1. The smallest absolute Gasteiger partial charge is 0.346 e. The van der Waals surface area contributed by atoms with Crippen molar-refractivity contribution in [3.05, 3.63) is 27.8 Å². The highest BCUT2D eigenvalue weighted by atomic mass is 19.3. The second-order valence-electron chi connectivity index (χ2n) is 2.33. The molecule has 8 heteroatoms. The molecule has 14 heavy (non-hydrogen) atoms. The fourth-order valence-electron chi connectivity index (χ4n) is 0.838. The van der Waals surface area contributed by atoms with Gasteiger partial charge in [0.05, 0.1) is 4.92 Å². The van der Waals surface area contributed by atoms with Crippen molar-refractivity contribution in [3.8, 4) is 0 Å². The van der Waals surface area contributed by atoms with Crippen molar-refractivity contribution in [2.45, 2.75) is 6.43 Å². The second kappa shape index (κ2) is 3.48. The molecule has 2 N–H and O–H groups in total. The van der Waals surface area contributed by atoms with Crippen molar-refractivity contribution < 1.29 is 18.1 Å². The molecule has 1 heterocycles. The van der Waals surface area contributed by atoms with E-state index < -0.39 is 34.4 Å². The highest BCUT2D eigenvalue weighted by Crippen LogP contribution is 2.27. The fourth-order valence-corrected chi connectivity index (χ4v) is 0.838. The summed E-state index contributed by atoms with van der Waals surface area (Å²) in [5.74, 6) is -1.61. The largest absolute Gasteiger partial charge is 0.393 e. The highest BCUT2D eigenvalue weighted by Gasteiger charge is 2.23. The number of rotatable bonds is 2. The molecular weight excluding hydrogens is 203 g/mol. The van der Waals surface area contributed by atoms with E-state index in [4.69, 9.17) is 5.73 Å². The predicted molar refractivity (Wildman–Crippen MR) is 40.2 cm³/mol. The van der Waals surface area contributed by atoms with Crippen LogP contribution in [0.3, 0.4) is 0 Å². The highest BCUT2D eigenvalue weighted by molar-refractivity contribution is 5.57. The molecule has 0 radical (unpaired) electrons. The van der Waals surface area contributed by atoms with Crippen LogP contribution in [0.1, 0.15) is 12.1 Å². The van der Waals surface area contributed by atoms with Crippen LogP contribution in [0, 0.1) is 16.1 Å². The van der Waals surface area contributed by atoms with Crippen LogP contribution in [-0.2, 0) is 0 Å². The summed E-state index contributed by atoms with van der Waals surface area (Å²) < 4.78 is 36.8. The summed E-state index contributed by atoms with van der Waals surface area (Å²) in [4.78, 5) is 11.8. The van der Waals surface area contributed by atoms with E-state index in [0.717, 1.165) is 0 Å². The first-order chi connectivity index (χ1) is 6.43. The molecule has 1 aromatic heterocycles. The van der Waals surface area contributed by atoms with Crippen molar-refractivity contribution >= 4 is 11.4 Å². The van der Waals surface area contributed by atoms with Crippen LogP contribution in [-0.4, -0.2) is 9.91 Å². The van der Waals surface area contributed by atoms with Crippen LogP contribution in [0.2, 0.25) is 0 Å². The summed E-state index contributed by atoms with van der Waals surface area (Å²) in [6.07, 6.45) is -3.02. The van der Waals surface area contributed by atoms with Gasteiger partial charge in [0.2, 0.25) is 0 Å². The number of nitrogens with two attached hydrogens (primary N) is 1. The Balaban J connectivity index is 3.32. The van der Waals surface area contributed by atoms with E-state index in [1.165, 1.54) is 0 Å². The zero-order chi connectivity index (χ0) is 10.9. The lowest BCUT2D eigenvalue weighted by molar-refractivity contribution is -0.387. The van der Waals surface area contributed by atoms with Gasteiger partial charge in [-0.15, -0.1) is 0 Å². The van der Waals surface area contributed by atoms with Gasteiger partial charge in [-0.2, -0.15) is 4.39 Å². The zero-order valence-electron chi connectivity index (χ0n) is 6.58. The van der Waals surface area contributed by atoms with Crippen LogP contribution >= 0.6 is 0 Å². The minimum Gasteiger partial charge on any atom is -0.393 e. The summed E-state index contributed by atoms with van der Waals surface area (Å²) in [5.41, 5.74) is 2.32. The molecule has 0 aliphatic carbocycles. The molecule has 1 aromatic rings. The van der Waals surface area contributed by atoms with E-state index in [-0.39, 0.29) is 0 Å². The van der Waals surface area contributed by atoms with Gasteiger partial charge in [0.15, 0.2) is 0 Å². The summed E-state index contributed by atoms with van der Waals surface area (Å²) in [5, 5.41) is 10.2. The zero-order valence-corrected chi connectivity index (χ0v) is 6.58. The van der Waals surface area contributed by atoms with Crippen LogP contribution in [0.5, 0.6) is 0 Å². The van der Waals surface area contributed by atoms with Crippen molar-refractivity contribution in [2.24, 2.45) is 0 Å². The van der Waals surface area contributed by atoms with Gasteiger partial charge in [-0.05, 0) is 6.07 Å². The van der Waals surface area contributed by atoms with Crippen LogP contribution in [0.25, 0.3) is 0 Å². The standard InChI is InChI=1S/C6H4F3N3O2/c7-5(8)3-1-2(10)4(12(13)14)6(9)11-3/h1,5H,(H2,10,11). The van der Waals surface area contributed by atoms with E-state index in [2.05, 4.69) is 4.98 Å². The molecule has 0 amide bonds. The van der Waals surface area contributed by atoms with E-state index in [9.17, 15) is 23.3 Å². The summed E-state index contributed by atoms with van der Waals surface area (Å²) in [7, 11) is 0. The van der Waals surface area contributed by atoms with Gasteiger partial charge in [0, 0.05) is 0 Å². The molecule has 5 nitrogen and oxygen atoms in total. The summed E-state index contributed by atoms with van der Waals surface area (Å²) in [6.45, 7) is 0. The summed E-state index contributed by atoms with van der Waals surface area (Å²) in [6, 6.07) is 0.575. The molecule has 0 aliphatic heterocycles. The van der Waals surface area contributed by atoms with E-state index >= 15 is 0 Å². The number of nitrogen functional groups attached to an aromatic ring is 1. The average Bonchev–Trinajstić information content (AvgIpc) is 2.01. The Morgan fingerprint density at radius 2 is 2.14 bits per heavy atom. The van der Waals surface area contributed by atoms with Gasteiger partial charge in [-0.1, -0.05) is 0 Å². The van der Waals surface area contributed by atoms with Crippen LogP contribution in [0.4, 0.5) is 24.5 Å². The van der Waals surface area contributed by atoms with E-state index in [0.29, 0.717) is 6.07 Å². The Hall–Kier alpha value is -1.86. The second-order valence-corrected chi connectivity index (χ2v) is 2.33. The van der Waals surface area contributed by atoms with Crippen LogP contribution < -0.4 is 5.73 Å². The number of pyridine rings is 1. The molecule has 0 fully saturated rings. The maximum absolute atomic E-state index is 12.8. The Kier molecular flexibility index (Phi) is 2.54. The lowest BCUT2D eigenvalue weighted by Crippen LogP contribution is -2.04. The van der Waals surface area contributed by atoms with Gasteiger partial charge in [0.25, 0.3) is 12.4 Å². The monoisotopic (exact) mass is 207 g/mol. The van der Waals surface area contributed by atoms with Crippen molar-refractivity contribution in [2.75, 3.05) is 5.73 Å². The van der Waals surface area contributed by atoms with Gasteiger partial charge in [0.1, 0.15) is 11.4 Å². The molecule has 0 saturated carbocycles. The number of nitrogens with zero attached hydrogens (tertiary/aromatic N) is 2. The van der Waals surface area contributed by atoms with Gasteiger partial charge in [-0.25, -0.2) is 13.8 Å².